The molecule has 4 aliphatic rings. The number of amides is 7. The lowest BCUT2D eigenvalue weighted by molar-refractivity contribution is -0.246. The minimum Gasteiger partial charge on any atom is -0.347 e. The smallest absolute Gasteiger partial charge is 0.347 e. The van der Waals surface area contributed by atoms with E-state index < -0.39 is 103 Å². The number of likely N-dealkylation sites (tertiary alicyclic amines) is 2. The van der Waals surface area contributed by atoms with E-state index in [0.717, 1.165) is 61.9 Å². The van der Waals surface area contributed by atoms with Crippen LogP contribution in [0.25, 0.3) is 0 Å². The normalized spacial score (nSPS) is 20.9. The van der Waals surface area contributed by atoms with Gasteiger partial charge in [0, 0.05) is 33.0 Å². The van der Waals surface area contributed by atoms with Crippen LogP contribution in [0.5, 0.6) is 0 Å². The van der Waals surface area contributed by atoms with Gasteiger partial charge in [-0.05, 0) is 112 Å². The van der Waals surface area contributed by atoms with Crippen LogP contribution in [0.4, 0.5) is 26.3 Å². The zero-order valence-electron chi connectivity index (χ0n) is 39.7. The minimum absolute atomic E-state index is 0.108. The van der Waals surface area contributed by atoms with E-state index in [4.69, 9.17) is 0 Å². The molecule has 2 aliphatic heterocycles. The average molecular weight is 997 g/mol. The molecule has 0 spiro atoms. The second-order valence-corrected chi connectivity index (χ2v) is 18.3. The van der Waals surface area contributed by atoms with Crippen molar-refractivity contribution >= 4 is 41.4 Å². The molecule has 2 aromatic carbocycles. The topological polar surface area (TPSA) is 181 Å². The van der Waals surface area contributed by atoms with E-state index in [1.165, 1.54) is 9.80 Å². The molecule has 7 atom stereocenters. The van der Waals surface area contributed by atoms with E-state index in [1.54, 1.807) is 0 Å². The van der Waals surface area contributed by atoms with E-state index in [2.05, 4.69) is 44.9 Å². The van der Waals surface area contributed by atoms with Crippen molar-refractivity contribution in [3.8, 4) is 23.7 Å². The molecule has 4 N–H and O–H groups in total. The molecular weight excluding hydrogens is 939 g/mol. The van der Waals surface area contributed by atoms with Crippen molar-refractivity contribution in [3.63, 3.8) is 0 Å². The summed E-state index contributed by atoms with van der Waals surface area (Å²) in [5.74, 6) is 3.27. The maximum atomic E-state index is 14.2. The number of halogens is 6. The first kappa shape index (κ1) is 53.7. The summed E-state index contributed by atoms with van der Waals surface area (Å²) in [6.45, 7) is 0.153. The van der Waals surface area contributed by atoms with Crippen molar-refractivity contribution < 1.29 is 59.9 Å². The van der Waals surface area contributed by atoms with Gasteiger partial charge in [0.25, 0.3) is 0 Å². The fraction of sp³-hybridized carbons (Fsp3) is 0.540. The van der Waals surface area contributed by atoms with E-state index >= 15 is 0 Å². The molecule has 6 rings (SSSR count). The second kappa shape index (κ2) is 23.5. The molecule has 0 bridgehead atoms. The number of alkyl halides is 6. The zero-order valence-corrected chi connectivity index (χ0v) is 39.7. The van der Waals surface area contributed by atoms with Crippen LogP contribution in [-0.4, -0.2) is 137 Å². The highest BCUT2D eigenvalue weighted by atomic mass is 19.4. The predicted octanol–water partition coefficient (Wildman–Crippen LogP) is 3.97. The number of hydrogen-bond donors (Lipinski definition) is 4. The molecule has 71 heavy (non-hydrogen) atoms. The second-order valence-electron chi connectivity index (χ2n) is 18.3. The highest BCUT2D eigenvalue weighted by molar-refractivity contribution is 5.95. The zero-order chi connectivity index (χ0) is 51.6. The summed E-state index contributed by atoms with van der Waals surface area (Å²) in [7, 11) is 1.44. The Hall–Kier alpha value is -6.61. The molecule has 2 saturated heterocycles. The molecule has 382 valence electrons. The quantitative estimate of drug-likeness (QED) is 0.125. The standard InChI is InChI=1S/C50H58F6N8O7/c1-31(62(3)50(54,55)56)43(66)60-39(47(70)64-29-15-27-41(64)45(68)59-37-25-13-19-33-17-9-11-21-35(33)37)23-7-5-4-6-22-38(57-42(65)30-61(2)48(71)49(51,52)53)46(69)63-28-14-26-40(63)44(67)58-36-24-12-18-32-16-8-10-20-34(32)36/h8-11,16-17,20-21,31,36-41H,12-15,18-19,22-30H2,1-3H3,(H,57,65)(H,58,67)(H,59,68)(H,60,66)/t31-,36-,37+,38+,39+,40+,41+/m1/s1. The first-order valence-corrected chi connectivity index (χ1v) is 23.7. The first-order valence-electron chi connectivity index (χ1n) is 23.7. The number of carbonyl (C=O) groups excluding carboxylic acids is 7. The lowest BCUT2D eigenvalue weighted by atomic mass is 9.87. The molecule has 21 heteroatoms. The molecule has 7 amide bonds. The van der Waals surface area contributed by atoms with Crippen LogP contribution in [-0.2, 0) is 46.4 Å². The van der Waals surface area contributed by atoms with Crippen molar-refractivity contribution in [3.05, 3.63) is 70.8 Å². The summed E-state index contributed by atoms with van der Waals surface area (Å²) in [6, 6.07) is 8.07. The first-order chi connectivity index (χ1) is 33.6. The van der Waals surface area contributed by atoms with Crippen molar-refractivity contribution in [2.24, 2.45) is 0 Å². The highest BCUT2D eigenvalue weighted by Gasteiger charge is 2.44. The third-order valence-electron chi connectivity index (χ3n) is 13.5. The Morgan fingerprint density at radius 1 is 0.662 bits per heavy atom. The Balaban J connectivity index is 1.18. The van der Waals surface area contributed by atoms with Gasteiger partial charge in [0.15, 0.2) is 0 Å². The van der Waals surface area contributed by atoms with Crippen LogP contribution in [0.2, 0.25) is 0 Å². The largest absolute Gasteiger partial charge is 0.471 e. The molecule has 0 aromatic heterocycles. The summed E-state index contributed by atoms with van der Waals surface area (Å²) < 4.78 is 80.2. The van der Waals surface area contributed by atoms with Crippen molar-refractivity contribution in [1.29, 1.82) is 0 Å². The Labute approximate surface area is 408 Å². The Morgan fingerprint density at radius 3 is 1.56 bits per heavy atom. The van der Waals surface area contributed by atoms with Gasteiger partial charge in [0.1, 0.15) is 24.2 Å². The maximum Gasteiger partial charge on any atom is 0.471 e. The fourth-order valence-corrected chi connectivity index (χ4v) is 9.58. The average Bonchev–Trinajstić information content (AvgIpc) is 4.04. The molecule has 0 saturated carbocycles. The van der Waals surface area contributed by atoms with E-state index in [1.807, 2.05) is 48.5 Å². The van der Waals surface area contributed by atoms with E-state index in [0.29, 0.717) is 39.2 Å². The van der Waals surface area contributed by atoms with Crippen LogP contribution < -0.4 is 21.3 Å². The fourth-order valence-electron chi connectivity index (χ4n) is 9.58. The highest BCUT2D eigenvalue weighted by Crippen LogP contribution is 2.32. The number of benzene rings is 2. The molecule has 2 aromatic rings. The number of hydrogen-bond acceptors (Lipinski definition) is 8. The molecule has 2 fully saturated rings. The summed E-state index contributed by atoms with van der Waals surface area (Å²) >= 11 is 0. The number of carbonyl (C=O) groups is 7. The van der Waals surface area contributed by atoms with E-state index in [9.17, 15) is 59.9 Å². The molecule has 15 nitrogen and oxygen atoms in total. The number of aryl methyl sites for hydroxylation is 2. The third kappa shape index (κ3) is 13.6. The van der Waals surface area contributed by atoms with Gasteiger partial charge in [-0.1, -0.05) is 60.4 Å². The Kier molecular flexibility index (Phi) is 17.8. The van der Waals surface area contributed by atoms with Gasteiger partial charge < -0.3 is 36.0 Å². The molecule has 2 aliphatic carbocycles. The third-order valence-corrected chi connectivity index (χ3v) is 13.5. The number of nitrogens with zero attached hydrogens (tertiary/aromatic N) is 4. The van der Waals surface area contributed by atoms with Crippen LogP contribution in [0, 0.1) is 23.7 Å². The van der Waals surface area contributed by atoms with Gasteiger partial charge in [-0.15, -0.1) is 0 Å². The minimum atomic E-state index is -5.28. The lowest BCUT2D eigenvalue weighted by Crippen LogP contribution is -2.57. The van der Waals surface area contributed by atoms with Crippen LogP contribution in [0.1, 0.15) is 105 Å². The summed E-state index contributed by atoms with van der Waals surface area (Å²) in [6.07, 6.45) is -4.98. The summed E-state index contributed by atoms with van der Waals surface area (Å²) in [4.78, 5) is 96.5. The lowest BCUT2D eigenvalue weighted by Gasteiger charge is -2.32. The Bertz CT molecular complexity index is 2460. The van der Waals surface area contributed by atoms with Crippen LogP contribution >= 0.6 is 0 Å². The monoisotopic (exact) mass is 996 g/mol. The molecule has 0 radical (unpaired) electrons. The van der Waals surface area contributed by atoms with Crippen LogP contribution in [0.15, 0.2) is 48.5 Å². The molecule has 0 unspecified atom stereocenters. The summed E-state index contributed by atoms with van der Waals surface area (Å²) in [5, 5.41) is 10.8. The van der Waals surface area contributed by atoms with Gasteiger partial charge in [-0.25, -0.2) is 4.90 Å². The van der Waals surface area contributed by atoms with Crippen molar-refractivity contribution in [1.82, 2.24) is 40.9 Å². The van der Waals surface area contributed by atoms with Gasteiger partial charge in [-0.2, -0.15) is 26.3 Å². The van der Waals surface area contributed by atoms with Crippen molar-refractivity contribution in [2.75, 3.05) is 33.7 Å². The maximum absolute atomic E-state index is 14.2. The summed E-state index contributed by atoms with van der Waals surface area (Å²) in [5.41, 5.74) is 4.13. The van der Waals surface area contributed by atoms with Gasteiger partial charge in [0.2, 0.25) is 35.4 Å². The number of rotatable bonds is 14. The van der Waals surface area contributed by atoms with Gasteiger partial charge in [0.05, 0.1) is 24.7 Å². The van der Waals surface area contributed by atoms with Crippen LogP contribution in [0.3, 0.4) is 0 Å². The Morgan fingerprint density at radius 2 is 1.11 bits per heavy atom. The number of likely N-dealkylation sites (N-methyl/N-ethyl adjacent to an activating group) is 2. The SMILES string of the molecule is C[C@H](C(=O)N[C@@H](CC#CC#CC[C@H](NC(=O)CN(C)C(=O)C(F)(F)F)C(=O)N1CCC[C@H]1C(=O)N[C@@H]1CCCc2ccccc21)C(=O)N1CCC[C@H]1C(=O)N[C@H]1CCCc2ccccc21)N(C)C(F)(F)F. The van der Waals surface area contributed by atoms with Gasteiger partial charge in [-0.3, -0.25) is 33.6 Å². The van der Waals surface area contributed by atoms with Crippen molar-refractivity contribution in [2.45, 2.75) is 139 Å². The van der Waals surface area contributed by atoms with Gasteiger partial charge >= 0.3 is 18.4 Å². The predicted molar refractivity (Wildman–Crippen MR) is 246 cm³/mol. The number of nitrogens with one attached hydrogen (secondary N) is 4. The number of fused-ring (bicyclic) bond motifs is 2. The molecular formula is C50H58F6N8O7. The molecule has 2 heterocycles. The van der Waals surface area contributed by atoms with E-state index in [-0.39, 0.29) is 41.4 Å².